The second-order valence-corrected chi connectivity index (χ2v) is 2.74. The minimum atomic E-state index is -0.502. The fraction of sp³-hybridized carbons (Fsp3) is 0.111. The molecule has 0 atom stereocenters. The average Bonchev–Trinajstić information content (AvgIpc) is 2.14. The van der Waals surface area contributed by atoms with Crippen LogP contribution in [0.4, 0.5) is 11.4 Å². The highest BCUT2D eigenvalue weighted by molar-refractivity contribution is 6.19. The fourth-order valence-electron chi connectivity index (χ4n) is 0.942. The second kappa shape index (κ2) is 4.49. The second-order valence-electron chi connectivity index (χ2n) is 2.47. The molecule has 0 fully saturated rings. The van der Waals surface area contributed by atoms with Crippen LogP contribution >= 0.6 is 11.6 Å². The Morgan fingerprint density at radius 2 is 2.29 bits per heavy atom. The summed E-state index contributed by atoms with van der Waals surface area (Å²) in [5.41, 5.74) is 6.14. The maximum absolute atomic E-state index is 10.6. The highest BCUT2D eigenvalue weighted by Crippen LogP contribution is 2.19. The van der Waals surface area contributed by atoms with Gasteiger partial charge in [-0.05, 0) is 12.1 Å². The lowest BCUT2D eigenvalue weighted by Crippen LogP contribution is -1.94. The molecule has 0 aromatic heterocycles. The Kier molecular flexibility index (Phi) is 3.32. The smallest absolute Gasteiger partial charge is 0.285 e. The zero-order chi connectivity index (χ0) is 10.6. The molecule has 4 nitrogen and oxygen atoms in total. The van der Waals surface area contributed by atoms with E-state index in [1.54, 1.807) is 0 Å². The molecule has 2 N–H and O–H groups in total. The van der Waals surface area contributed by atoms with Gasteiger partial charge in [-0.1, -0.05) is 11.8 Å². The van der Waals surface area contributed by atoms with Gasteiger partial charge in [0.25, 0.3) is 5.69 Å². The van der Waals surface area contributed by atoms with E-state index in [1.165, 1.54) is 18.2 Å². The number of benzene rings is 1. The Morgan fingerprint density at radius 1 is 1.57 bits per heavy atom. The van der Waals surface area contributed by atoms with Crippen LogP contribution in [0.15, 0.2) is 18.2 Å². The maximum atomic E-state index is 10.6. The van der Waals surface area contributed by atoms with Gasteiger partial charge in [-0.3, -0.25) is 10.1 Å². The Hall–Kier alpha value is -1.73. The Labute approximate surface area is 85.8 Å². The number of alkyl halides is 1. The standard InChI is InChI=1S/C9H7ClN2O2/c10-5-1-2-7-6-8(11)3-4-9(7)12(13)14/h3-4,6H,5,11H2. The molecule has 0 heterocycles. The van der Waals surface area contributed by atoms with Gasteiger partial charge in [0.2, 0.25) is 0 Å². The van der Waals surface area contributed by atoms with E-state index in [2.05, 4.69) is 11.8 Å². The van der Waals surface area contributed by atoms with E-state index in [0.29, 0.717) is 5.69 Å². The third-order valence-electron chi connectivity index (χ3n) is 1.51. The molecule has 1 rings (SSSR count). The largest absolute Gasteiger partial charge is 0.399 e. The van der Waals surface area contributed by atoms with Gasteiger partial charge in [0.1, 0.15) is 5.56 Å². The lowest BCUT2D eigenvalue weighted by atomic mass is 10.1. The van der Waals surface area contributed by atoms with Crippen LogP contribution in [0.1, 0.15) is 5.56 Å². The van der Waals surface area contributed by atoms with Gasteiger partial charge in [-0.15, -0.1) is 11.6 Å². The topological polar surface area (TPSA) is 69.2 Å². The van der Waals surface area contributed by atoms with Crippen LogP contribution in [0.5, 0.6) is 0 Å². The molecule has 0 spiro atoms. The number of hydrogen-bond acceptors (Lipinski definition) is 3. The van der Waals surface area contributed by atoms with E-state index < -0.39 is 4.92 Å². The van der Waals surface area contributed by atoms with E-state index in [-0.39, 0.29) is 17.1 Å². The minimum Gasteiger partial charge on any atom is -0.399 e. The van der Waals surface area contributed by atoms with Crippen molar-refractivity contribution in [3.05, 3.63) is 33.9 Å². The van der Waals surface area contributed by atoms with Crippen LogP contribution in [0.25, 0.3) is 0 Å². The quantitative estimate of drug-likeness (QED) is 0.253. The first kappa shape index (κ1) is 10.4. The molecular weight excluding hydrogens is 204 g/mol. The molecule has 0 aliphatic heterocycles. The molecule has 5 heteroatoms. The van der Waals surface area contributed by atoms with Crippen molar-refractivity contribution in [3.8, 4) is 11.8 Å². The van der Waals surface area contributed by atoms with Crippen molar-refractivity contribution in [2.45, 2.75) is 0 Å². The molecule has 1 aromatic carbocycles. The molecule has 0 unspecified atom stereocenters. The first-order chi connectivity index (χ1) is 6.65. The molecule has 1 aromatic rings. The van der Waals surface area contributed by atoms with Gasteiger partial charge >= 0.3 is 0 Å². The number of nitrogen functional groups attached to an aromatic ring is 1. The van der Waals surface area contributed by atoms with Crippen LogP contribution in [-0.4, -0.2) is 10.8 Å². The van der Waals surface area contributed by atoms with Gasteiger partial charge in [0.15, 0.2) is 0 Å². The van der Waals surface area contributed by atoms with Crippen molar-refractivity contribution in [2.24, 2.45) is 0 Å². The van der Waals surface area contributed by atoms with E-state index in [0.717, 1.165) is 0 Å². The van der Waals surface area contributed by atoms with Gasteiger partial charge in [0.05, 0.1) is 10.8 Å². The maximum Gasteiger partial charge on any atom is 0.285 e. The summed E-state index contributed by atoms with van der Waals surface area (Å²) in [7, 11) is 0. The number of rotatable bonds is 1. The Balaban J connectivity index is 3.22. The minimum absolute atomic E-state index is 0.0585. The number of nitro benzene ring substituents is 1. The number of halogens is 1. The summed E-state index contributed by atoms with van der Waals surface area (Å²) in [6.07, 6.45) is 0. The lowest BCUT2D eigenvalue weighted by molar-refractivity contribution is -0.385. The van der Waals surface area contributed by atoms with Crippen molar-refractivity contribution in [1.29, 1.82) is 0 Å². The number of hydrogen-bond donors (Lipinski definition) is 1. The summed E-state index contributed by atoms with van der Waals surface area (Å²) >= 11 is 5.35. The predicted octanol–water partition coefficient (Wildman–Crippen LogP) is 1.77. The number of anilines is 1. The summed E-state index contributed by atoms with van der Waals surface area (Å²) in [5, 5.41) is 10.6. The van der Waals surface area contributed by atoms with Crippen LogP contribution in [0.3, 0.4) is 0 Å². The number of nitrogens with two attached hydrogens (primary N) is 1. The van der Waals surface area contributed by atoms with Crippen molar-refractivity contribution in [2.75, 3.05) is 11.6 Å². The summed E-state index contributed by atoms with van der Waals surface area (Å²) in [6.45, 7) is 0. The molecule has 0 amide bonds. The van der Waals surface area contributed by atoms with Crippen molar-refractivity contribution >= 4 is 23.0 Å². The first-order valence-corrected chi connectivity index (χ1v) is 4.27. The lowest BCUT2D eigenvalue weighted by Gasteiger charge is -1.96. The molecular formula is C9H7ClN2O2. The van der Waals surface area contributed by atoms with Gasteiger partial charge in [0, 0.05) is 11.8 Å². The normalized spacial score (nSPS) is 8.93. The molecule has 0 bridgehead atoms. The van der Waals surface area contributed by atoms with Crippen molar-refractivity contribution < 1.29 is 4.92 Å². The van der Waals surface area contributed by atoms with E-state index in [9.17, 15) is 10.1 Å². The van der Waals surface area contributed by atoms with Gasteiger partial charge < -0.3 is 5.73 Å². The van der Waals surface area contributed by atoms with E-state index >= 15 is 0 Å². The highest BCUT2D eigenvalue weighted by Gasteiger charge is 2.11. The molecule has 0 aliphatic rings. The average molecular weight is 211 g/mol. The zero-order valence-electron chi connectivity index (χ0n) is 7.16. The molecule has 0 aliphatic carbocycles. The van der Waals surface area contributed by atoms with Crippen LogP contribution in [-0.2, 0) is 0 Å². The van der Waals surface area contributed by atoms with Crippen LogP contribution in [0.2, 0.25) is 0 Å². The molecule has 0 saturated carbocycles. The summed E-state index contributed by atoms with van der Waals surface area (Å²) in [6, 6.07) is 4.25. The third-order valence-corrected chi connectivity index (χ3v) is 1.64. The van der Waals surface area contributed by atoms with Gasteiger partial charge in [-0.25, -0.2) is 0 Å². The predicted molar refractivity (Wildman–Crippen MR) is 55.1 cm³/mol. The molecule has 14 heavy (non-hydrogen) atoms. The van der Waals surface area contributed by atoms with Crippen molar-refractivity contribution in [1.82, 2.24) is 0 Å². The SMILES string of the molecule is Nc1ccc([N+](=O)[O-])c(C#CCCl)c1. The first-order valence-electron chi connectivity index (χ1n) is 3.74. The van der Waals surface area contributed by atoms with E-state index in [1.807, 2.05) is 0 Å². The molecule has 72 valence electrons. The van der Waals surface area contributed by atoms with Crippen molar-refractivity contribution in [3.63, 3.8) is 0 Å². The van der Waals surface area contributed by atoms with E-state index in [4.69, 9.17) is 17.3 Å². The summed E-state index contributed by atoms with van der Waals surface area (Å²) in [5.74, 6) is 5.25. The van der Waals surface area contributed by atoms with Gasteiger partial charge in [-0.2, -0.15) is 0 Å². The molecule has 0 radical (unpaired) electrons. The monoisotopic (exact) mass is 210 g/mol. The summed E-state index contributed by atoms with van der Waals surface area (Å²) in [4.78, 5) is 10.1. The molecule has 0 saturated heterocycles. The zero-order valence-corrected chi connectivity index (χ0v) is 7.91. The fourth-order valence-corrected chi connectivity index (χ4v) is 1.01. The Morgan fingerprint density at radius 3 is 2.86 bits per heavy atom. The third kappa shape index (κ3) is 2.38. The van der Waals surface area contributed by atoms with Crippen LogP contribution < -0.4 is 5.73 Å². The number of nitro groups is 1. The Bertz CT molecular complexity index is 421. The number of nitrogens with zero attached hydrogens (tertiary/aromatic N) is 1. The summed E-state index contributed by atoms with van der Waals surface area (Å²) < 4.78 is 0. The van der Waals surface area contributed by atoms with Crippen LogP contribution in [0, 0.1) is 22.0 Å². The highest BCUT2D eigenvalue weighted by atomic mass is 35.5.